The van der Waals surface area contributed by atoms with Gasteiger partial charge in [0.15, 0.2) is 6.10 Å². The molecule has 2 aromatic carbocycles. The first-order valence-electron chi connectivity index (χ1n) is 7.04. The first-order chi connectivity index (χ1) is 11.0. The largest absolute Gasteiger partial charge is 0.481 e. The van der Waals surface area contributed by atoms with Crippen LogP contribution in [-0.2, 0) is 9.59 Å². The zero-order valence-corrected chi connectivity index (χ0v) is 12.5. The van der Waals surface area contributed by atoms with Gasteiger partial charge in [-0.15, -0.1) is 0 Å². The number of halogens is 1. The first kappa shape index (κ1) is 16.5. The van der Waals surface area contributed by atoms with E-state index in [0.29, 0.717) is 5.56 Å². The number of ether oxygens (including phenoxy) is 1. The maximum absolute atomic E-state index is 13.1. The standard InChI is InChI=1S/C17H17FN2O3/c1-11(23-14-9-5-8-13(18)10-14)17(22)20-15(16(19)21)12-6-3-2-4-7-12/h2-11,15H,1H3,(H2,19,21)(H,20,22)/t11-,15-/m0/s1. The Bertz CT molecular complexity index is 691. The molecule has 0 unspecified atom stereocenters. The van der Waals surface area contributed by atoms with Crippen LogP contribution in [-0.4, -0.2) is 17.9 Å². The summed E-state index contributed by atoms with van der Waals surface area (Å²) in [6.07, 6.45) is -0.914. The Kier molecular flexibility index (Phi) is 5.30. The first-order valence-corrected chi connectivity index (χ1v) is 7.04. The summed E-state index contributed by atoms with van der Waals surface area (Å²) in [5, 5.41) is 2.54. The average Bonchev–Trinajstić information content (AvgIpc) is 2.52. The molecule has 2 amide bonds. The molecule has 3 N–H and O–H groups in total. The van der Waals surface area contributed by atoms with Crippen LogP contribution in [0.15, 0.2) is 54.6 Å². The molecule has 0 aliphatic rings. The van der Waals surface area contributed by atoms with E-state index in [0.717, 1.165) is 0 Å². The summed E-state index contributed by atoms with van der Waals surface area (Å²) in [4.78, 5) is 23.8. The molecule has 0 heterocycles. The summed E-state index contributed by atoms with van der Waals surface area (Å²) in [6.45, 7) is 1.50. The van der Waals surface area contributed by atoms with Gasteiger partial charge in [0.2, 0.25) is 5.91 Å². The van der Waals surface area contributed by atoms with Gasteiger partial charge in [0.05, 0.1) is 0 Å². The van der Waals surface area contributed by atoms with Crippen molar-refractivity contribution < 1.29 is 18.7 Å². The lowest BCUT2D eigenvalue weighted by Crippen LogP contribution is -2.43. The summed E-state index contributed by atoms with van der Waals surface area (Å²) in [6, 6.07) is 13.2. The lowest BCUT2D eigenvalue weighted by molar-refractivity contribution is -0.131. The highest BCUT2D eigenvalue weighted by Crippen LogP contribution is 2.15. The van der Waals surface area contributed by atoms with E-state index in [2.05, 4.69) is 5.32 Å². The normalized spacial score (nSPS) is 13.0. The number of nitrogens with one attached hydrogen (secondary N) is 1. The molecule has 0 saturated carbocycles. The van der Waals surface area contributed by atoms with Gasteiger partial charge in [0, 0.05) is 6.07 Å². The lowest BCUT2D eigenvalue weighted by Gasteiger charge is -2.19. The van der Waals surface area contributed by atoms with Crippen LogP contribution in [0.5, 0.6) is 5.75 Å². The third kappa shape index (κ3) is 4.54. The van der Waals surface area contributed by atoms with Crippen LogP contribution in [0.25, 0.3) is 0 Å². The van der Waals surface area contributed by atoms with Crippen molar-refractivity contribution in [1.82, 2.24) is 5.32 Å². The number of nitrogens with two attached hydrogens (primary N) is 1. The third-order valence-corrected chi connectivity index (χ3v) is 3.18. The van der Waals surface area contributed by atoms with Gasteiger partial charge in [-0.2, -0.15) is 0 Å². The summed E-state index contributed by atoms with van der Waals surface area (Å²) in [7, 11) is 0. The molecule has 0 fully saturated rings. The van der Waals surface area contributed by atoms with Crippen molar-refractivity contribution in [2.24, 2.45) is 5.73 Å². The minimum atomic E-state index is -0.956. The van der Waals surface area contributed by atoms with Crippen LogP contribution in [0, 0.1) is 5.82 Å². The van der Waals surface area contributed by atoms with E-state index in [9.17, 15) is 14.0 Å². The van der Waals surface area contributed by atoms with Crippen LogP contribution in [0.3, 0.4) is 0 Å². The highest BCUT2D eigenvalue weighted by atomic mass is 19.1. The van der Waals surface area contributed by atoms with E-state index in [1.165, 1.54) is 31.2 Å². The third-order valence-electron chi connectivity index (χ3n) is 3.18. The zero-order chi connectivity index (χ0) is 16.8. The second kappa shape index (κ2) is 7.40. The molecule has 0 radical (unpaired) electrons. The minimum absolute atomic E-state index is 0.225. The van der Waals surface area contributed by atoms with Crippen molar-refractivity contribution >= 4 is 11.8 Å². The van der Waals surface area contributed by atoms with Crippen molar-refractivity contribution in [1.29, 1.82) is 0 Å². The van der Waals surface area contributed by atoms with Crippen molar-refractivity contribution in [2.75, 3.05) is 0 Å². The van der Waals surface area contributed by atoms with Crippen LogP contribution >= 0.6 is 0 Å². The molecule has 0 bridgehead atoms. The van der Waals surface area contributed by atoms with E-state index < -0.39 is 29.8 Å². The molecule has 23 heavy (non-hydrogen) atoms. The molecule has 6 heteroatoms. The Balaban J connectivity index is 2.05. The molecule has 120 valence electrons. The van der Waals surface area contributed by atoms with Crippen molar-refractivity contribution in [3.63, 3.8) is 0 Å². The lowest BCUT2D eigenvalue weighted by atomic mass is 10.1. The van der Waals surface area contributed by atoms with E-state index in [1.54, 1.807) is 30.3 Å². The SMILES string of the molecule is C[C@H](Oc1cccc(F)c1)C(=O)N[C@H](C(N)=O)c1ccccc1. The number of carbonyl (C=O) groups is 2. The Hall–Kier alpha value is -2.89. The van der Waals surface area contributed by atoms with Crippen LogP contribution in [0.2, 0.25) is 0 Å². The van der Waals surface area contributed by atoms with Crippen LogP contribution in [0.4, 0.5) is 4.39 Å². The van der Waals surface area contributed by atoms with Gasteiger partial charge in [0.25, 0.3) is 5.91 Å². The fraction of sp³-hybridized carbons (Fsp3) is 0.176. The monoisotopic (exact) mass is 316 g/mol. The molecule has 2 atom stereocenters. The highest BCUT2D eigenvalue weighted by Gasteiger charge is 2.24. The zero-order valence-electron chi connectivity index (χ0n) is 12.5. The fourth-order valence-corrected chi connectivity index (χ4v) is 2.02. The van der Waals surface area contributed by atoms with Crippen molar-refractivity contribution in [2.45, 2.75) is 19.1 Å². The average molecular weight is 316 g/mol. The maximum Gasteiger partial charge on any atom is 0.261 e. The van der Waals surface area contributed by atoms with E-state index in [1.807, 2.05) is 0 Å². The Labute approximate surface area is 133 Å². The summed E-state index contributed by atoms with van der Waals surface area (Å²) < 4.78 is 18.5. The summed E-state index contributed by atoms with van der Waals surface area (Å²) in [5.41, 5.74) is 5.92. The second-order valence-electron chi connectivity index (χ2n) is 4.97. The van der Waals surface area contributed by atoms with Crippen molar-refractivity contribution in [3.05, 3.63) is 66.0 Å². The molecule has 0 saturated heterocycles. The Morgan fingerprint density at radius 1 is 1.13 bits per heavy atom. The van der Waals surface area contributed by atoms with E-state index in [-0.39, 0.29) is 5.75 Å². The quantitative estimate of drug-likeness (QED) is 0.854. The number of primary amides is 1. The van der Waals surface area contributed by atoms with Gasteiger partial charge in [-0.1, -0.05) is 36.4 Å². The van der Waals surface area contributed by atoms with Gasteiger partial charge in [-0.25, -0.2) is 4.39 Å². The number of hydrogen-bond donors (Lipinski definition) is 2. The summed E-state index contributed by atoms with van der Waals surface area (Å²) >= 11 is 0. The molecule has 5 nitrogen and oxygen atoms in total. The molecule has 0 aromatic heterocycles. The number of amides is 2. The minimum Gasteiger partial charge on any atom is -0.481 e. The molecule has 2 rings (SSSR count). The van der Waals surface area contributed by atoms with Gasteiger partial charge in [-0.05, 0) is 24.6 Å². The fourth-order valence-electron chi connectivity index (χ4n) is 2.02. The Morgan fingerprint density at radius 2 is 1.83 bits per heavy atom. The van der Waals surface area contributed by atoms with E-state index >= 15 is 0 Å². The Morgan fingerprint density at radius 3 is 2.43 bits per heavy atom. The molecule has 0 aliphatic heterocycles. The number of benzene rings is 2. The summed E-state index contributed by atoms with van der Waals surface area (Å²) in [5.74, 6) is -1.44. The van der Waals surface area contributed by atoms with Crippen molar-refractivity contribution in [3.8, 4) is 5.75 Å². The number of hydrogen-bond acceptors (Lipinski definition) is 3. The molecular weight excluding hydrogens is 299 g/mol. The predicted octanol–water partition coefficient (Wildman–Crippen LogP) is 1.94. The maximum atomic E-state index is 13.1. The molecule has 0 aliphatic carbocycles. The molecule has 2 aromatic rings. The van der Waals surface area contributed by atoms with Gasteiger partial charge in [-0.3, -0.25) is 9.59 Å². The van der Waals surface area contributed by atoms with Gasteiger partial charge >= 0.3 is 0 Å². The van der Waals surface area contributed by atoms with Gasteiger partial charge in [0.1, 0.15) is 17.6 Å². The van der Waals surface area contributed by atoms with Gasteiger partial charge < -0.3 is 15.8 Å². The molecule has 0 spiro atoms. The molecular formula is C17H17FN2O3. The number of rotatable bonds is 6. The highest BCUT2D eigenvalue weighted by molar-refractivity contribution is 5.89. The number of carbonyl (C=O) groups excluding carboxylic acids is 2. The topological polar surface area (TPSA) is 81.4 Å². The smallest absolute Gasteiger partial charge is 0.261 e. The van der Waals surface area contributed by atoms with E-state index in [4.69, 9.17) is 10.5 Å². The second-order valence-corrected chi connectivity index (χ2v) is 4.97. The predicted molar refractivity (Wildman–Crippen MR) is 83.0 cm³/mol. The van der Waals surface area contributed by atoms with Crippen LogP contribution < -0.4 is 15.8 Å². The van der Waals surface area contributed by atoms with Crippen LogP contribution in [0.1, 0.15) is 18.5 Å².